The minimum Gasteiger partial charge on any atom is -0.489 e. The van der Waals surface area contributed by atoms with Crippen molar-refractivity contribution in [2.24, 2.45) is 5.92 Å². The van der Waals surface area contributed by atoms with Crippen LogP contribution in [0.5, 0.6) is 5.75 Å². The molecule has 20 heavy (non-hydrogen) atoms. The summed E-state index contributed by atoms with van der Waals surface area (Å²) in [4.78, 5) is 2.47. The Balaban J connectivity index is 1.49. The van der Waals surface area contributed by atoms with Crippen molar-refractivity contribution in [3.05, 3.63) is 28.2 Å². The van der Waals surface area contributed by atoms with Crippen molar-refractivity contribution in [3.8, 4) is 5.75 Å². The zero-order valence-corrected chi connectivity index (χ0v) is 13.0. The van der Waals surface area contributed by atoms with Crippen LogP contribution in [-0.4, -0.2) is 43.7 Å². The van der Waals surface area contributed by atoms with Crippen LogP contribution in [0.4, 0.5) is 0 Å². The summed E-state index contributed by atoms with van der Waals surface area (Å²) in [6, 6.07) is 6.11. The standard InChI is InChI=1S/C15H20Cl2N2O/c16-12-4-1-5-13(17)15(12)20-8-7-19-9-11-3-2-6-18-14(11)10-19/h1,4-5,11,14,18H,2-3,6-10H2. The van der Waals surface area contributed by atoms with Crippen LogP contribution in [0.15, 0.2) is 18.2 Å². The van der Waals surface area contributed by atoms with Crippen LogP contribution in [0.3, 0.4) is 0 Å². The van der Waals surface area contributed by atoms with E-state index in [9.17, 15) is 0 Å². The predicted molar refractivity (Wildman–Crippen MR) is 82.9 cm³/mol. The second-order valence-electron chi connectivity index (χ2n) is 5.62. The summed E-state index contributed by atoms with van der Waals surface area (Å²) in [5.41, 5.74) is 0. The summed E-state index contributed by atoms with van der Waals surface area (Å²) >= 11 is 12.2. The molecule has 0 spiro atoms. The lowest BCUT2D eigenvalue weighted by Crippen LogP contribution is -2.40. The number of rotatable bonds is 4. The fourth-order valence-corrected chi connectivity index (χ4v) is 3.72. The van der Waals surface area contributed by atoms with Crippen LogP contribution in [0.1, 0.15) is 12.8 Å². The SMILES string of the molecule is Clc1cccc(Cl)c1OCCN1CC2CCCNC2C1. The first-order chi connectivity index (χ1) is 9.74. The highest BCUT2D eigenvalue weighted by Crippen LogP contribution is 2.32. The van der Waals surface area contributed by atoms with Gasteiger partial charge in [0.25, 0.3) is 0 Å². The number of piperidine rings is 1. The number of fused-ring (bicyclic) bond motifs is 1. The highest BCUT2D eigenvalue weighted by atomic mass is 35.5. The Labute approximate surface area is 130 Å². The quantitative estimate of drug-likeness (QED) is 0.924. The van der Waals surface area contributed by atoms with Crippen LogP contribution in [0.25, 0.3) is 0 Å². The second-order valence-corrected chi connectivity index (χ2v) is 6.44. The van der Waals surface area contributed by atoms with Gasteiger partial charge in [0.2, 0.25) is 0 Å². The van der Waals surface area contributed by atoms with E-state index in [4.69, 9.17) is 27.9 Å². The molecular formula is C15H20Cl2N2O. The van der Waals surface area contributed by atoms with Gasteiger partial charge in [-0.1, -0.05) is 29.3 Å². The summed E-state index contributed by atoms with van der Waals surface area (Å²) in [6.07, 6.45) is 2.66. The zero-order chi connectivity index (χ0) is 13.9. The number of hydrogen-bond acceptors (Lipinski definition) is 3. The molecule has 5 heteroatoms. The first-order valence-corrected chi connectivity index (χ1v) is 8.02. The van der Waals surface area contributed by atoms with Crippen molar-refractivity contribution in [2.75, 3.05) is 32.8 Å². The summed E-state index contributed by atoms with van der Waals surface area (Å²) in [6.45, 7) is 5.03. The van der Waals surface area contributed by atoms with Crippen LogP contribution in [-0.2, 0) is 0 Å². The third-order valence-corrected chi connectivity index (χ3v) is 4.84. The van der Waals surface area contributed by atoms with Crippen LogP contribution in [0.2, 0.25) is 10.0 Å². The molecule has 3 nitrogen and oxygen atoms in total. The Kier molecular flexibility index (Phi) is 4.72. The monoisotopic (exact) mass is 314 g/mol. The summed E-state index contributed by atoms with van der Waals surface area (Å²) in [7, 11) is 0. The fraction of sp³-hybridized carbons (Fsp3) is 0.600. The Bertz CT molecular complexity index is 435. The van der Waals surface area contributed by atoms with Gasteiger partial charge in [0.1, 0.15) is 6.61 Å². The van der Waals surface area contributed by atoms with Crippen LogP contribution >= 0.6 is 23.2 Å². The highest BCUT2D eigenvalue weighted by Gasteiger charge is 2.33. The number of nitrogens with zero attached hydrogens (tertiary/aromatic N) is 1. The van der Waals surface area contributed by atoms with E-state index in [0.717, 1.165) is 19.0 Å². The van der Waals surface area contributed by atoms with E-state index in [1.807, 2.05) is 6.07 Å². The molecule has 2 heterocycles. The molecule has 1 N–H and O–H groups in total. The predicted octanol–water partition coefficient (Wildman–Crippen LogP) is 3.06. The molecule has 2 atom stereocenters. The molecule has 3 rings (SSSR count). The van der Waals surface area contributed by atoms with Gasteiger partial charge in [-0.15, -0.1) is 0 Å². The molecule has 0 radical (unpaired) electrons. The molecule has 2 unspecified atom stereocenters. The molecule has 0 bridgehead atoms. The molecule has 110 valence electrons. The van der Waals surface area contributed by atoms with Gasteiger partial charge in [0.05, 0.1) is 10.0 Å². The number of hydrogen-bond donors (Lipinski definition) is 1. The van der Waals surface area contributed by atoms with E-state index in [0.29, 0.717) is 28.4 Å². The minimum absolute atomic E-state index is 0.578. The number of para-hydroxylation sites is 1. The Morgan fingerprint density at radius 2 is 2.05 bits per heavy atom. The summed E-state index contributed by atoms with van der Waals surface area (Å²) in [5, 5.41) is 4.77. The smallest absolute Gasteiger partial charge is 0.156 e. The molecule has 1 aromatic rings. The topological polar surface area (TPSA) is 24.5 Å². The van der Waals surface area contributed by atoms with Gasteiger partial charge < -0.3 is 10.1 Å². The third-order valence-electron chi connectivity index (χ3n) is 4.25. The van der Waals surface area contributed by atoms with Crippen molar-refractivity contribution in [2.45, 2.75) is 18.9 Å². The Hall–Kier alpha value is -0.480. The van der Waals surface area contributed by atoms with Gasteiger partial charge >= 0.3 is 0 Å². The highest BCUT2D eigenvalue weighted by molar-refractivity contribution is 6.37. The van der Waals surface area contributed by atoms with Crippen LogP contribution < -0.4 is 10.1 Å². The van der Waals surface area contributed by atoms with E-state index in [2.05, 4.69) is 10.2 Å². The maximum Gasteiger partial charge on any atom is 0.156 e. The molecule has 2 saturated heterocycles. The number of nitrogens with one attached hydrogen (secondary N) is 1. The van der Waals surface area contributed by atoms with Crippen molar-refractivity contribution >= 4 is 23.2 Å². The summed E-state index contributed by atoms with van der Waals surface area (Å²) < 4.78 is 5.76. The van der Waals surface area contributed by atoms with Gasteiger partial charge in [0.15, 0.2) is 5.75 Å². The van der Waals surface area contributed by atoms with Crippen molar-refractivity contribution in [1.29, 1.82) is 0 Å². The number of halogens is 2. The first-order valence-electron chi connectivity index (χ1n) is 7.26. The maximum atomic E-state index is 6.09. The van der Waals surface area contributed by atoms with E-state index in [-0.39, 0.29) is 0 Å². The number of benzene rings is 1. The average molecular weight is 315 g/mol. The maximum absolute atomic E-state index is 6.09. The van der Waals surface area contributed by atoms with Crippen molar-refractivity contribution in [1.82, 2.24) is 10.2 Å². The van der Waals surface area contributed by atoms with E-state index in [1.165, 1.54) is 25.9 Å². The Morgan fingerprint density at radius 3 is 2.80 bits per heavy atom. The molecule has 0 amide bonds. The number of likely N-dealkylation sites (tertiary alicyclic amines) is 1. The molecule has 2 fully saturated rings. The number of ether oxygens (including phenoxy) is 1. The molecular weight excluding hydrogens is 295 g/mol. The van der Waals surface area contributed by atoms with Crippen molar-refractivity contribution < 1.29 is 4.74 Å². The first kappa shape index (κ1) is 14.5. The van der Waals surface area contributed by atoms with Crippen LogP contribution in [0, 0.1) is 5.92 Å². The second kappa shape index (κ2) is 6.52. The lowest BCUT2D eigenvalue weighted by Gasteiger charge is -2.24. The largest absolute Gasteiger partial charge is 0.489 e. The van der Waals surface area contributed by atoms with E-state index < -0.39 is 0 Å². The normalized spacial score (nSPS) is 26.5. The molecule has 2 aliphatic heterocycles. The molecule has 2 aliphatic rings. The zero-order valence-electron chi connectivity index (χ0n) is 11.4. The van der Waals surface area contributed by atoms with Gasteiger partial charge in [-0.3, -0.25) is 4.90 Å². The Morgan fingerprint density at radius 1 is 1.25 bits per heavy atom. The molecule has 1 aromatic carbocycles. The van der Waals surface area contributed by atoms with Gasteiger partial charge in [0, 0.05) is 25.7 Å². The molecule has 0 saturated carbocycles. The molecule has 0 aliphatic carbocycles. The fourth-order valence-electron chi connectivity index (χ4n) is 3.22. The average Bonchev–Trinajstić information content (AvgIpc) is 2.84. The molecule has 0 aromatic heterocycles. The summed E-state index contributed by atoms with van der Waals surface area (Å²) in [5.74, 6) is 1.42. The van der Waals surface area contributed by atoms with Gasteiger partial charge in [-0.25, -0.2) is 0 Å². The van der Waals surface area contributed by atoms with Gasteiger partial charge in [-0.2, -0.15) is 0 Å². The lowest BCUT2D eigenvalue weighted by atomic mass is 9.94. The van der Waals surface area contributed by atoms with E-state index >= 15 is 0 Å². The third kappa shape index (κ3) is 3.22. The lowest BCUT2D eigenvalue weighted by molar-refractivity contribution is 0.232. The minimum atomic E-state index is 0.578. The van der Waals surface area contributed by atoms with Gasteiger partial charge in [-0.05, 0) is 37.4 Å². The van der Waals surface area contributed by atoms with E-state index in [1.54, 1.807) is 12.1 Å². The van der Waals surface area contributed by atoms with Crippen molar-refractivity contribution in [3.63, 3.8) is 0 Å².